The van der Waals surface area contributed by atoms with Gasteiger partial charge in [0.25, 0.3) is 0 Å². The number of benzene rings is 1. The van der Waals surface area contributed by atoms with Gasteiger partial charge in [-0.1, -0.05) is 11.6 Å². The van der Waals surface area contributed by atoms with Gasteiger partial charge >= 0.3 is 6.03 Å². The number of hydrogen-bond acceptors (Lipinski definition) is 2. The molecule has 2 N–H and O–H groups in total. The van der Waals surface area contributed by atoms with E-state index in [1.165, 1.54) is 30.5 Å². The normalized spacial score (nSPS) is 14.3. The standard InChI is InChI=1S/C18H25FN2O2/c1-13(2)23-15-8-9-17(16(19)12-15)21-18(22)20-11-10-14-6-4-3-5-7-14/h6,8-9,12-13H,3-5,7,10-11H2,1-2H3,(H2,20,21,22). The molecule has 0 bridgehead atoms. The van der Waals surface area contributed by atoms with Crippen molar-refractivity contribution < 1.29 is 13.9 Å². The van der Waals surface area contributed by atoms with E-state index >= 15 is 0 Å². The van der Waals surface area contributed by atoms with Crippen LogP contribution in [0, 0.1) is 5.82 Å². The minimum atomic E-state index is -0.506. The van der Waals surface area contributed by atoms with Crippen molar-refractivity contribution in [1.29, 1.82) is 0 Å². The van der Waals surface area contributed by atoms with Gasteiger partial charge in [-0.05, 0) is 58.1 Å². The van der Waals surface area contributed by atoms with Gasteiger partial charge in [0, 0.05) is 12.6 Å². The van der Waals surface area contributed by atoms with Crippen LogP contribution in [0.25, 0.3) is 0 Å². The maximum Gasteiger partial charge on any atom is 0.319 e. The third-order valence-corrected chi connectivity index (χ3v) is 3.68. The Balaban J connectivity index is 1.79. The Morgan fingerprint density at radius 1 is 1.35 bits per heavy atom. The van der Waals surface area contributed by atoms with Gasteiger partial charge in [0.2, 0.25) is 0 Å². The summed E-state index contributed by atoms with van der Waals surface area (Å²) in [6.45, 7) is 4.31. The molecule has 0 heterocycles. The monoisotopic (exact) mass is 320 g/mol. The van der Waals surface area contributed by atoms with Gasteiger partial charge in [-0.2, -0.15) is 0 Å². The molecule has 0 aliphatic heterocycles. The van der Waals surface area contributed by atoms with Crippen molar-refractivity contribution >= 4 is 11.7 Å². The lowest BCUT2D eigenvalue weighted by Crippen LogP contribution is -2.30. The molecule has 0 saturated heterocycles. The van der Waals surface area contributed by atoms with Gasteiger partial charge in [0.05, 0.1) is 11.8 Å². The van der Waals surface area contributed by atoms with Crippen molar-refractivity contribution in [2.75, 3.05) is 11.9 Å². The zero-order valence-electron chi connectivity index (χ0n) is 13.8. The second kappa shape index (κ2) is 8.56. The van der Waals surface area contributed by atoms with Crippen molar-refractivity contribution in [1.82, 2.24) is 5.32 Å². The van der Waals surface area contributed by atoms with Gasteiger partial charge in [-0.15, -0.1) is 0 Å². The van der Waals surface area contributed by atoms with Crippen LogP contribution in [-0.4, -0.2) is 18.7 Å². The molecule has 23 heavy (non-hydrogen) atoms. The first kappa shape index (κ1) is 17.3. The summed E-state index contributed by atoms with van der Waals surface area (Å²) in [5.41, 5.74) is 1.55. The van der Waals surface area contributed by atoms with E-state index in [9.17, 15) is 9.18 Å². The van der Waals surface area contributed by atoms with Crippen molar-refractivity contribution in [3.63, 3.8) is 0 Å². The van der Waals surface area contributed by atoms with Gasteiger partial charge in [0.1, 0.15) is 11.6 Å². The predicted molar refractivity (Wildman–Crippen MR) is 90.4 cm³/mol. The maximum absolute atomic E-state index is 13.9. The number of allylic oxidation sites excluding steroid dienone is 1. The van der Waals surface area contributed by atoms with Crippen molar-refractivity contribution in [2.45, 2.75) is 52.1 Å². The van der Waals surface area contributed by atoms with E-state index in [-0.39, 0.29) is 11.8 Å². The average molecular weight is 320 g/mol. The average Bonchev–Trinajstić information content (AvgIpc) is 2.50. The van der Waals surface area contributed by atoms with Crippen LogP contribution in [-0.2, 0) is 0 Å². The molecule has 5 heteroatoms. The molecule has 4 nitrogen and oxygen atoms in total. The smallest absolute Gasteiger partial charge is 0.319 e. The molecule has 1 aromatic rings. The number of hydrogen-bond donors (Lipinski definition) is 2. The summed E-state index contributed by atoms with van der Waals surface area (Å²) < 4.78 is 19.4. The fourth-order valence-electron chi connectivity index (χ4n) is 2.58. The Hall–Kier alpha value is -2.04. The van der Waals surface area contributed by atoms with E-state index in [2.05, 4.69) is 16.7 Å². The first-order chi connectivity index (χ1) is 11.0. The van der Waals surface area contributed by atoms with E-state index in [4.69, 9.17) is 4.74 Å². The highest BCUT2D eigenvalue weighted by atomic mass is 19.1. The van der Waals surface area contributed by atoms with Gasteiger partial charge in [-0.25, -0.2) is 9.18 Å². The number of carbonyl (C=O) groups excluding carboxylic acids is 1. The summed E-state index contributed by atoms with van der Waals surface area (Å²) in [4.78, 5) is 11.8. The highest BCUT2D eigenvalue weighted by Crippen LogP contribution is 2.22. The quantitative estimate of drug-likeness (QED) is 0.751. The van der Waals surface area contributed by atoms with Crippen LogP contribution in [0.5, 0.6) is 5.75 Å². The Bertz CT molecular complexity index is 570. The molecule has 0 radical (unpaired) electrons. The molecule has 0 fully saturated rings. The third-order valence-electron chi connectivity index (χ3n) is 3.68. The lowest BCUT2D eigenvalue weighted by atomic mass is 9.97. The van der Waals surface area contributed by atoms with E-state index < -0.39 is 11.8 Å². The topological polar surface area (TPSA) is 50.4 Å². The number of halogens is 1. The molecule has 0 atom stereocenters. The van der Waals surface area contributed by atoms with Crippen LogP contribution in [0.4, 0.5) is 14.9 Å². The predicted octanol–water partition coefficient (Wildman–Crippen LogP) is 4.62. The summed E-state index contributed by atoms with van der Waals surface area (Å²) in [7, 11) is 0. The zero-order chi connectivity index (χ0) is 16.7. The number of nitrogens with one attached hydrogen (secondary N) is 2. The second-order valence-corrected chi connectivity index (χ2v) is 6.05. The van der Waals surface area contributed by atoms with Gasteiger partial charge in [-0.3, -0.25) is 0 Å². The lowest BCUT2D eigenvalue weighted by Gasteiger charge is -2.14. The first-order valence-corrected chi connectivity index (χ1v) is 8.23. The third kappa shape index (κ3) is 5.93. The second-order valence-electron chi connectivity index (χ2n) is 6.05. The number of ether oxygens (including phenoxy) is 1. The summed E-state index contributed by atoms with van der Waals surface area (Å²) in [5.74, 6) is -0.0546. The highest BCUT2D eigenvalue weighted by molar-refractivity contribution is 5.89. The van der Waals surface area contributed by atoms with Crippen LogP contribution in [0.3, 0.4) is 0 Å². The van der Waals surface area contributed by atoms with Crippen LogP contribution >= 0.6 is 0 Å². The fourth-order valence-corrected chi connectivity index (χ4v) is 2.58. The Kier molecular flexibility index (Phi) is 6.44. The fraction of sp³-hybridized carbons (Fsp3) is 0.500. The maximum atomic E-state index is 13.9. The van der Waals surface area contributed by atoms with E-state index in [0.717, 1.165) is 19.3 Å². The molecule has 2 rings (SSSR count). The lowest BCUT2D eigenvalue weighted by molar-refractivity contribution is 0.241. The summed E-state index contributed by atoms with van der Waals surface area (Å²) in [6, 6.07) is 4.04. The summed E-state index contributed by atoms with van der Waals surface area (Å²) in [5, 5.41) is 5.29. The molecule has 0 spiro atoms. The van der Waals surface area contributed by atoms with E-state index in [1.807, 2.05) is 13.8 Å². The summed E-state index contributed by atoms with van der Waals surface area (Å²) >= 11 is 0. The van der Waals surface area contributed by atoms with Crippen LogP contribution in [0.2, 0.25) is 0 Å². The number of rotatable bonds is 6. The molecule has 126 valence electrons. The first-order valence-electron chi connectivity index (χ1n) is 8.23. The number of carbonyl (C=O) groups is 1. The Morgan fingerprint density at radius 2 is 2.17 bits per heavy atom. The van der Waals surface area contributed by atoms with Crippen molar-refractivity contribution in [2.24, 2.45) is 0 Å². The largest absolute Gasteiger partial charge is 0.491 e. The molecular weight excluding hydrogens is 295 g/mol. The number of urea groups is 1. The van der Waals surface area contributed by atoms with Crippen molar-refractivity contribution in [3.8, 4) is 5.75 Å². The molecule has 0 aromatic heterocycles. The molecular formula is C18H25FN2O2. The van der Waals surface area contributed by atoms with Crippen molar-refractivity contribution in [3.05, 3.63) is 35.7 Å². The molecule has 0 saturated carbocycles. The SMILES string of the molecule is CC(C)Oc1ccc(NC(=O)NCCC2=CCCCC2)c(F)c1. The van der Waals surface area contributed by atoms with Crippen LogP contribution < -0.4 is 15.4 Å². The highest BCUT2D eigenvalue weighted by Gasteiger charge is 2.09. The molecule has 2 amide bonds. The van der Waals surface area contributed by atoms with Gasteiger partial charge < -0.3 is 15.4 Å². The number of anilines is 1. The Labute approximate surface area is 137 Å². The minimum absolute atomic E-state index is 0.0226. The zero-order valence-corrected chi connectivity index (χ0v) is 13.8. The van der Waals surface area contributed by atoms with E-state index in [0.29, 0.717) is 12.3 Å². The number of amides is 2. The van der Waals surface area contributed by atoms with Crippen LogP contribution in [0.15, 0.2) is 29.8 Å². The van der Waals surface area contributed by atoms with Gasteiger partial charge in [0.15, 0.2) is 0 Å². The molecule has 1 aromatic carbocycles. The molecule has 1 aliphatic rings. The van der Waals surface area contributed by atoms with E-state index in [1.54, 1.807) is 6.07 Å². The Morgan fingerprint density at radius 3 is 2.83 bits per heavy atom. The summed E-state index contributed by atoms with van der Waals surface area (Å²) in [6.07, 6.45) is 7.84. The minimum Gasteiger partial charge on any atom is -0.491 e. The van der Waals surface area contributed by atoms with Crippen LogP contribution in [0.1, 0.15) is 46.0 Å². The molecule has 1 aliphatic carbocycles. The molecule has 0 unspecified atom stereocenters.